The van der Waals surface area contributed by atoms with Crippen LogP contribution in [0.25, 0.3) is 11.1 Å². The van der Waals surface area contributed by atoms with E-state index < -0.39 is 25.7 Å². The summed E-state index contributed by atoms with van der Waals surface area (Å²) in [5.41, 5.74) is 0.892. The molecule has 0 bridgehead atoms. The predicted octanol–water partition coefficient (Wildman–Crippen LogP) is 3.49. The van der Waals surface area contributed by atoms with Gasteiger partial charge in [0.25, 0.3) is 0 Å². The highest BCUT2D eigenvalue weighted by molar-refractivity contribution is 7.91. The molecule has 0 amide bonds. The minimum Gasteiger partial charge on any atom is -0.618 e. The van der Waals surface area contributed by atoms with Gasteiger partial charge in [0.2, 0.25) is 15.7 Å². The van der Waals surface area contributed by atoms with Crippen LogP contribution in [0, 0.1) is 11.0 Å². The lowest BCUT2D eigenvalue weighted by Gasteiger charge is -2.28. The Bertz CT molecular complexity index is 1300. The van der Waals surface area contributed by atoms with Gasteiger partial charge in [-0.25, -0.2) is 26.4 Å². The zero-order valence-corrected chi connectivity index (χ0v) is 20.3. The molecule has 0 atom stereocenters. The van der Waals surface area contributed by atoms with Gasteiger partial charge >= 0.3 is 0 Å². The Kier molecular flexibility index (Phi) is 6.54. The highest BCUT2D eigenvalue weighted by Gasteiger charge is 2.39. The number of benzene rings is 1. The van der Waals surface area contributed by atoms with Crippen LogP contribution in [0.1, 0.15) is 74.7 Å². The predicted molar refractivity (Wildman–Crippen MR) is 122 cm³/mol. The fraction of sp³-hybridized carbons (Fsp3) is 0.522. The Balaban J connectivity index is 2.14. The molecule has 2 N–H and O–H groups in total. The average molecular weight is 497 g/mol. The number of pyridine rings is 1. The maximum atomic E-state index is 15.2. The first-order valence-corrected chi connectivity index (χ1v) is 14.6. The van der Waals surface area contributed by atoms with Crippen molar-refractivity contribution in [2.75, 3.05) is 5.75 Å². The van der Waals surface area contributed by atoms with E-state index in [1.807, 2.05) is 0 Å². The van der Waals surface area contributed by atoms with Crippen molar-refractivity contribution in [2.24, 2.45) is 5.14 Å². The van der Waals surface area contributed by atoms with Crippen LogP contribution in [0.2, 0.25) is 0 Å². The van der Waals surface area contributed by atoms with Gasteiger partial charge in [0.1, 0.15) is 5.82 Å². The summed E-state index contributed by atoms with van der Waals surface area (Å²) in [7, 11) is -8.09. The number of hydrogen-bond acceptors (Lipinski definition) is 5. The Labute approximate surface area is 194 Å². The van der Waals surface area contributed by atoms with E-state index in [2.05, 4.69) is 0 Å². The van der Waals surface area contributed by atoms with Crippen molar-refractivity contribution in [3.05, 3.63) is 46.2 Å². The van der Waals surface area contributed by atoms with Gasteiger partial charge in [0, 0.05) is 29.0 Å². The third kappa shape index (κ3) is 4.40. The van der Waals surface area contributed by atoms with Crippen LogP contribution in [0.4, 0.5) is 4.39 Å². The number of halogens is 1. The van der Waals surface area contributed by atoms with Crippen LogP contribution >= 0.6 is 0 Å². The van der Waals surface area contributed by atoms with Gasteiger partial charge in [-0.15, -0.1) is 0 Å². The van der Waals surface area contributed by atoms with Crippen LogP contribution in [0.3, 0.4) is 0 Å². The van der Waals surface area contributed by atoms with Gasteiger partial charge in [0.05, 0.1) is 10.6 Å². The first-order chi connectivity index (χ1) is 15.6. The van der Waals surface area contributed by atoms with E-state index in [0.29, 0.717) is 43.4 Å². The summed E-state index contributed by atoms with van der Waals surface area (Å²) in [6, 6.07) is 3.41. The first kappa shape index (κ1) is 24.1. The molecule has 0 spiro atoms. The fourth-order valence-corrected chi connectivity index (χ4v) is 7.21. The number of nitrogens with zero attached hydrogens (tertiary/aromatic N) is 1. The molecule has 0 radical (unpaired) electrons. The SMILES string of the molecule is CCS(=O)(=O)c1ccc(F)c(-c2c3c([n+]([O-])c(C4CCCCC4)c2S(N)(=O)=O)CCCC3)c1. The fourth-order valence-electron chi connectivity index (χ4n) is 5.24. The summed E-state index contributed by atoms with van der Waals surface area (Å²) in [6.07, 6.45) is 6.34. The molecule has 0 unspecified atom stereocenters. The molecule has 1 aromatic heterocycles. The second-order valence-electron chi connectivity index (χ2n) is 8.94. The largest absolute Gasteiger partial charge is 0.618 e. The second kappa shape index (κ2) is 8.96. The summed E-state index contributed by atoms with van der Waals surface area (Å²) in [5, 5.41) is 19.2. The Morgan fingerprint density at radius 3 is 2.36 bits per heavy atom. The number of aromatic nitrogens is 1. The Morgan fingerprint density at radius 1 is 1.06 bits per heavy atom. The topological polar surface area (TPSA) is 121 Å². The molecule has 4 rings (SSSR count). The van der Waals surface area contributed by atoms with Crippen molar-refractivity contribution in [1.82, 2.24) is 0 Å². The molecular formula is C23H29FN2O5S2. The third-order valence-electron chi connectivity index (χ3n) is 6.89. The number of rotatable bonds is 5. The molecule has 1 saturated carbocycles. The van der Waals surface area contributed by atoms with Crippen molar-refractivity contribution in [3.63, 3.8) is 0 Å². The van der Waals surface area contributed by atoms with Gasteiger partial charge in [0.15, 0.2) is 20.4 Å². The van der Waals surface area contributed by atoms with Crippen LogP contribution in [0.15, 0.2) is 28.0 Å². The van der Waals surface area contributed by atoms with E-state index in [1.165, 1.54) is 19.1 Å². The summed E-state index contributed by atoms with van der Waals surface area (Å²) in [6.45, 7) is 1.49. The molecule has 2 aliphatic rings. The molecule has 0 aliphatic heterocycles. The lowest BCUT2D eigenvalue weighted by atomic mass is 9.82. The van der Waals surface area contributed by atoms with Crippen molar-refractivity contribution < 1.29 is 26.0 Å². The quantitative estimate of drug-likeness (QED) is 0.386. The summed E-state index contributed by atoms with van der Waals surface area (Å²) >= 11 is 0. The van der Waals surface area contributed by atoms with Crippen molar-refractivity contribution >= 4 is 19.9 Å². The molecule has 2 aromatic rings. The lowest BCUT2D eigenvalue weighted by molar-refractivity contribution is -0.627. The van der Waals surface area contributed by atoms with Crippen molar-refractivity contribution in [1.29, 1.82) is 0 Å². The normalized spacial score (nSPS) is 17.7. The maximum Gasteiger partial charge on any atom is 0.244 e. The number of nitrogens with two attached hydrogens (primary N) is 1. The van der Waals surface area contributed by atoms with Crippen LogP contribution in [0.5, 0.6) is 0 Å². The minimum atomic E-state index is -4.43. The summed E-state index contributed by atoms with van der Waals surface area (Å²) < 4.78 is 66.9. The highest BCUT2D eigenvalue weighted by atomic mass is 32.2. The van der Waals surface area contributed by atoms with E-state index in [9.17, 15) is 22.0 Å². The van der Waals surface area contributed by atoms with E-state index in [1.54, 1.807) is 0 Å². The van der Waals surface area contributed by atoms with Crippen molar-refractivity contribution in [2.45, 2.75) is 80.4 Å². The van der Waals surface area contributed by atoms with E-state index in [-0.39, 0.29) is 38.3 Å². The summed E-state index contributed by atoms with van der Waals surface area (Å²) in [5.74, 6) is -1.23. The van der Waals surface area contributed by atoms with E-state index in [0.717, 1.165) is 36.5 Å². The number of sulfonamides is 1. The standard InChI is InChI=1S/C23H29FN2O5S2/c1-2-32(28,29)16-12-13-19(24)18(14-16)21-17-10-6-7-11-20(17)26(27)22(23(21)33(25,30)31)15-8-4-3-5-9-15/h12-15H,2-11H2,1H3,(H2,25,30,31). The molecule has 1 heterocycles. The summed E-state index contributed by atoms with van der Waals surface area (Å²) in [4.78, 5) is -0.445. The molecule has 0 saturated heterocycles. The van der Waals surface area contributed by atoms with Gasteiger partial charge in [-0.2, -0.15) is 4.73 Å². The van der Waals surface area contributed by atoms with Crippen LogP contribution in [-0.2, 0) is 32.7 Å². The molecule has 2 aliphatic carbocycles. The number of fused-ring (bicyclic) bond motifs is 1. The van der Waals surface area contributed by atoms with Gasteiger partial charge < -0.3 is 5.21 Å². The first-order valence-electron chi connectivity index (χ1n) is 11.4. The van der Waals surface area contributed by atoms with Crippen LogP contribution in [-0.4, -0.2) is 22.6 Å². The molecule has 1 fully saturated rings. The third-order valence-corrected chi connectivity index (χ3v) is 9.60. The average Bonchev–Trinajstić information content (AvgIpc) is 2.79. The smallest absolute Gasteiger partial charge is 0.244 e. The number of primary sulfonamides is 1. The van der Waals surface area contributed by atoms with Gasteiger partial charge in [-0.3, -0.25) is 0 Å². The molecule has 33 heavy (non-hydrogen) atoms. The maximum absolute atomic E-state index is 15.2. The van der Waals surface area contributed by atoms with E-state index >= 15 is 4.39 Å². The molecular weight excluding hydrogens is 467 g/mol. The lowest BCUT2D eigenvalue weighted by Crippen LogP contribution is -2.44. The highest BCUT2D eigenvalue weighted by Crippen LogP contribution is 2.43. The van der Waals surface area contributed by atoms with Crippen LogP contribution < -0.4 is 9.87 Å². The van der Waals surface area contributed by atoms with Crippen molar-refractivity contribution in [3.8, 4) is 11.1 Å². The monoisotopic (exact) mass is 496 g/mol. The molecule has 7 nitrogen and oxygen atoms in total. The molecule has 10 heteroatoms. The van der Waals surface area contributed by atoms with Gasteiger partial charge in [-0.05, 0) is 50.3 Å². The number of hydrogen-bond donors (Lipinski definition) is 1. The zero-order chi connectivity index (χ0) is 24.0. The van der Waals surface area contributed by atoms with E-state index in [4.69, 9.17) is 5.14 Å². The minimum absolute atomic E-state index is 0.0607. The second-order valence-corrected chi connectivity index (χ2v) is 12.7. The Hall–Kier alpha value is -2.04. The molecule has 180 valence electrons. The number of sulfone groups is 1. The molecule has 1 aromatic carbocycles. The zero-order valence-electron chi connectivity index (χ0n) is 18.6. The van der Waals surface area contributed by atoms with Gasteiger partial charge in [-0.1, -0.05) is 26.2 Å². The Morgan fingerprint density at radius 2 is 1.73 bits per heavy atom.